The SMILES string of the molecule is CC1CN(C2CC2)CCN1C(=O)c1nc(-n2cnnc2)n[nH]1. The van der Waals surface area contributed by atoms with Gasteiger partial charge in [-0.05, 0) is 19.8 Å². The van der Waals surface area contributed by atoms with Crippen LogP contribution in [0.1, 0.15) is 30.4 Å². The smallest absolute Gasteiger partial charge is 0.291 e. The highest BCUT2D eigenvalue weighted by Gasteiger charge is 2.36. The molecule has 1 aliphatic carbocycles. The molecule has 1 N–H and O–H groups in total. The van der Waals surface area contributed by atoms with Crippen molar-refractivity contribution in [2.45, 2.75) is 31.8 Å². The molecule has 0 bridgehead atoms. The van der Waals surface area contributed by atoms with Crippen LogP contribution >= 0.6 is 0 Å². The van der Waals surface area contributed by atoms with Gasteiger partial charge in [-0.3, -0.25) is 19.4 Å². The summed E-state index contributed by atoms with van der Waals surface area (Å²) in [5.74, 6) is 0.530. The Bertz CT molecular complexity index is 661. The Morgan fingerprint density at radius 1 is 1.27 bits per heavy atom. The van der Waals surface area contributed by atoms with Gasteiger partial charge in [-0.15, -0.1) is 15.3 Å². The molecular formula is C13H18N8O. The Hall–Kier alpha value is -2.29. The van der Waals surface area contributed by atoms with Gasteiger partial charge in [-0.1, -0.05) is 0 Å². The molecule has 116 valence electrons. The van der Waals surface area contributed by atoms with Gasteiger partial charge >= 0.3 is 0 Å². The summed E-state index contributed by atoms with van der Waals surface area (Å²) >= 11 is 0. The van der Waals surface area contributed by atoms with Crippen molar-refractivity contribution in [1.29, 1.82) is 0 Å². The molecule has 3 heterocycles. The van der Waals surface area contributed by atoms with Crippen LogP contribution in [-0.2, 0) is 0 Å². The predicted molar refractivity (Wildman–Crippen MR) is 76.4 cm³/mol. The van der Waals surface area contributed by atoms with E-state index in [1.807, 2.05) is 4.90 Å². The minimum atomic E-state index is -0.102. The fourth-order valence-corrected chi connectivity index (χ4v) is 2.96. The molecule has 1 atom stereocenters. The fourth-order valence-electron chi connectivity index (χ4n) is 2.96. The summed E-state index contributed by atoms with van der Waals surface area (Å²) in [7, 11) is 0. The Morgan fingerprint density at radius 3 is 2.73 bits per heavy atom. The first kappa shape index (κ1) is 13.4. The average molecular weight is 302 g/mol. The number of carbonyl (C=O) groups excluding carboxylic acids is 1. The highest BCUT2D eigenvalue weighted by atomic mass is 16.2. The van der Waals surface area contributed by atoms with Crippen molar-refractivity contribution in [2.75, 3.05) is 19.6 Å². The summed E-state index contributed by atoms with van der Waals surface area (Å²) in [5.41, 5.74) is 0. The van der Waals surface area contributed by atoms with Crippen molar-refractivity contribution < 1.29 is 4.79 Å². The summed E-state index contributed by atoms with van der Waals surface area (Å²) in [6.07, 6.45) is 5.58. The van der Waals surface area contributed by atoms with Crippen LogP contribution in [0.25, 0.3) is 5.95 Å². The molecule has 0 aromatic carbocycles. The van der Waals surface area contributed by atoms with Crippen molar-refractivity contribution in [3.05, 3.63) is 18.5 Å². The maximum atomic E-state index is 12.6. The molecule has 2 aliphatic rings. The van der Waals surface area contributed by atoms with Crippen molar-refractivity contribution in [1.82, 2.24) is 39.7 Å². The summed E-state index contributed by atoms with van der Waals surface area (Å²) in [6, 6.07) is 0.927. The monoisotopic (exact) mass is 302 g/mol. The zero-order valence-electron chi connectivity index (χ0n) is 12.4. The number of nitrogens with zero attached hydrogens (tertiary/aromatic N) is 7. The molecule has 2 aromatic heterocycles. The number of aromatic amines is 1. The molecule has 1 amide bonds. The molecule has 1 unspecified atom stereocenters. The second-order valence-electron chi connectivity index (χ2n) is 5.93. The highest BCUT2D eigenvalue weighted by molar-refractivity contribution is 5.90. The summed E-state index contributed by atoms with van der Waals surface area (Å²) < 4.78 is 1.56. The topological polar surface area (TPSA) is 95.8 Å². The van der Waals surface area contributed by atoms with Gasteiger partial charge in [0.2, 0.25) is 5.82 Å². The van der Waals surface area contributed by atoms with E-state index in [-0.39, 0.29) is 17.8 Å². The maximum Gasteiger partial charge on any atom is 0.291 e. The normalized spacial score (nSPS) is 23.0. The number of piperazine rings is 1. The predicted octanol–water partition coefficient (Wildman–Crippen LogP) is -0.306. The molecule has 1 saturated carbocycles. The molecule has 22 heavy (non-hydrogen) atoms. The summed E-state index contributed by atoms with van der Waals surface area (Å²) in [6.45, 7) is 4.69. The van der Waals surface area contributed by atoms with Gasteiger partial charge in [-0.25, -0.2) is 0 Å². The lowest BCUT2D eigenvalue weighted by molar-refractivity contribution is 0.0463. The lowest BCUT2D eigenvalue weighted by Crippen LogP contribution is -2.54. The van der Waals surface area contributed by atoms with Crippen LogP contribution in [0.2, 0.25) is 0 Å². The van der Waals surface area contributed by atoms with Crippen LogP contribution in [0.3, 0.4) is 0 Å². The quantitative estimate of drug-likeness (QED) is 0.836. The van der Waals surface area contributed by atoms with E-state index in [4.69, 9.17) is 0 Å². The van der Waals surface area contributed by atoms with Crippen LogP contribution in [-0.4, -0.2) is 77.4 Å². The molecule has 2 aromatic rings. The Labute approximate surface area is 127 Å². The molecule has 9 nitrogen and oxygen atoms in total. The number of amides is 1. The third-order valence-corrected chi connectivity index (χ3v) is 4.31. The van der Waals surface area contributed by atoms with Crippen LogP contribution in [0.5, 0.6) is 0 Å². The van der Waals surface area contributed by atoms with E-state index >= 15 is 0 Å². The molecule has 0 radical (unpaired) electrons. The largest absolute Gasteiger partial charge is 0.331 e. The zero-order valence-corrected chi connectivity index (χ0v) is 12.4. The van der Waals surface area contributed by atoms with Crippen molar-refractivity contribution in [3.63, 3.8) is 0 Å². The van der Waals surface area contributed by atoms with Gasteiger partial charge in [0, 0.05) is 31.7 Å². The lowest BCUT2D eigenvalue weighted by atomic mass is 10.2. The second-order valence-corrected chi connectivity index (χ2v) is 5.93. The van der Waals surface area contributed by atoms with Crippen LogP contribution < -0.4 is 0 Å². The Balaban J connectivity index is 1.47. The lowest BCUT2D eigenvalue weighted by Gasteiger charge is -2.39. The maximum absolute atomic E-state index is 12.6. The van der Waals surface area contributed by atoms with Gasteiger partial charge in [0.05, 0.1) is 0 Å². The van der Waals surface area contributed by atoms with Gasteiger partial charge in [0.1, 0.15) is 12.7 Å². The number of hydrogen-bond donors (Lipinski definition) is 1. The van der Waals surface area contributed by atoms with Gasteiger partial charge < -0.3 is 4.90 Å². The minimum Gasteiger partial charge on any atom is -0.331 e. The molecular weight excluding hydrogens is 284 g/mol. The van der Waals surface area contributed by atoms with E-state index in [1.54, 1.807) is 4.57 Å². The summed E-state index contributed by atoms with van der Waals surface area (Å²) in [5, 5.41) is 14.2. The summed E-state index contributed by atoms with van der Waals surface area (Å²) in [4.78, 5) is 21.2. The molecule has 4 rings (SSSR count). The van der Waals surface area contributed by atoms with Crippen molar-refractivity contribution in [2.24, 2.45) is 0 Å². The first-order chi connectivity index (χ1) is 10.7. The van der Waals surface area contributed by atoms with Crippen molar-refractivity contribution in [3.8, 4) is 5.95 Å². The molecule has 1 saturated heterocycles. The highest BCUT2D eigenvalue weighted by Crippen LogP contribution is 2.29. The van der Waals surface area contributed by atoms with E-state index in [0.29, 0.717) is 5.95 Å². The van der Waals surface area contributed by atoms with Gasteiger partial charge in [0.15, 0.2) is 0 Å². The van der Waals surface area contributed by atoms with E-state index in [0.717, 1.165) is 25.7 Å². The number of hydrogen-bond acceptors (Lipinski definition) is 6. The molecule has 0 spiro atoms. The van der Waals surface area contributed by atoms with Gasteiger partial charge in [0.25, 0.3) is 11.9 Å². The fraction of sp³-hybridized carbons (Fsp3) is 0.615. The number of aromatic nitrogens is 6. The van der Waals surface area contributed by atoms with Gasteiger partial charge in [-0.2, -0.15) is 4.98 Å². The second kappa shape index (κ2) is 5.16. The van der Waals surface area contributed by atoms with E-state index < -0.39 is 0 Å². The van der Waals surface area contributed by atoms with E-state index in [1.165, 1.54) is 25.5 Å². The number of H-pyrrole nitrogens is 1. The zero-order chi connectivity index (χ0) is 15.1. The Morgan fingerprint density at radius 2 is 2.05 bits per heavy atom. The first-order valence-electron chi connectivity index (χ1n) is 7.55. The molecule has 1 aliphatic heterocycles. The number of carbonyl (C=O) groups is 1. The third kappa shape index (κ3) is 2.37. The third-order valence-electron chi connectivity index (χ3n) is 4.31. The van der Waals surface area contributed by atoms with E-state index in [9.17, 15) is 4.79 Å². The number of rotatable bonds is 3. The van der Waals surface area contributed by atoms with E-state index in [2.05, 4.69) is 37.2 Å². The molecule has 2 fully saturated rings. The Kier molecular flexibility index (Phi) is 3.14. The van der Waals surface area contributed by atoms with Crippen molar-refractivity contribution >= 4 is 5.91 Å². The first-order valence-corrected chi connectivity index (χ1v) is 7.55. The molecule has 9 heteroatoms. The van der Waals surface area contributed by atoms with Crippen LogP contribution in [0.15, 0.2) is 12.7 Å². The van der Waals surface area contributed by atoms with Crippen LogP contribution in [0.4, 0.5) is 0 Å². The standard InChI is InChI=1S/C13H18N8O/c1-9-6-19(10-2-3-10)4-5-21(9)12(22)11-16-13(18-17-11)20-7-14-15-8-20/h7-10H,2-6H2,1H3,(H,16,17,18). The van der Waals surface area contributed by atoms with Crippen LogP contribution in [0, 0.1) is 0 Å². The number of nitrogens with one attached hydrogen (secondary N) is 1. The minimum absolute atomic E-state index is 0.102. The average Bonchev–Trinajstić information content (AvgIpc) is 3.02.